The standard InChI is InChI=1S/C42H34INO2/c1-30-9-8-14-35(25-30)41-39-26-38(46-29-33-12-6-3-7-13-33)23-24-40(39)44(27-31-15-19-36(43)20-16-31)42(41)34-17-21-37(22-18-34)45-28-32-10-4-2-5-11-32/h2-26H,27-29H2,1H3. The fourth-order valence-corrected chi connectivity index (χ4v) is 6.30. The SMILES string of the molecule is Cc1cccc(-c2c(-c3ccc(OCc4ccccc4)cc3)n(Cc3ccc(I)cc3)c3ccc(OCc4ccccc4)cc23)c1. The number of ether oxygens (including phenoxy) is 2. The van der Waals surface area contributed by atoms with Crippen molar-refractivity contribution in [2.24, 2.45) is 0 Å². The number of aromatic nitrogens is 1. The number of halogens is 1. The van der Waals surface area contributed by atoms with E-state index in [0.29, 0.717) is 13.2 Å². The summed E-state index contributed by atoms with van der Waals surface area (Å²) in [4.78, 5) is 0. The molecular weight excluding hydrogens is 677 g/mol. The van der Waals surface area contributed by atoms with E-state index in [1.165, 1.54) is 42.4 Å². The van der Waals surface area contributed by atoms with Gasteiger partial charge < -0.3 is 14.0 Å². The third kappa shape index (κ3) is 6.73. The van der Waals surface area contributed by atoms with E-state index in [9.17, 15) is 0 Å². The summed E-state index contributed by atoms with van der Waals surface area (Å²) in [6.45, 7) is 3.95. The van der Waals surface area contributed by atoms with E-state index in [4.69, 9.17) is 9.47 Å². The van der Waals surface area contributed by atoms with Crippen LogP contribution in [0.15, 0.2) is 152 Å². The van der Waals surface area contributed by atoms with Crippen molar-refractivity contribution < 1.29 is 9.47 Å². The maximum absolute atomic E-state index is 6.35. The van der Waals surface area contributed by atoms with Crippen LogP contribution in [0, 0.1) is 10.5 Å². The van der Waals surface area contributed by atoms with Gasteiger partial charge in [0.25, 0.3) is 0 Å². The van der Waals surface area contributed by atoms with Gasteiger partial charge in [-0.15, -0.1) is 0 Å². The average Bonchev–Trinajstić information content (AvgIpc) is 3.41. The average molecular weight is 712 g/mol. The van der Waals surface area contributed by atoms with Crippen molar-refractivity contribution in [3.63, 3.8) is 0 Å². The molecule has 0 radical (unpaired) electrons. The second-order valence-corrected chi connectivity index (χ2v) is 12.8. The summed E-state index contributed by atoms with van der Waals surface area (Å²) in [5.41, 5.74) is 10.6. The van der Waals surface area contributed by atoms with Crippen molar-refractivity contribution in [1.82, 2.24) is 4.57 Å². The van der Waals surface area contributed by atoms with Gasteiger partial charge >= 0.3 is 0 Å². The molecule has 6 aromatic carbocycles. The first-order valence-corrected chi connectivity index (χ1v) is 16.6. The normalized spacial score (nSPS) is 11.1. The molecule has 4 heteroatoms. The fraction of sp³-hybridized carbons (Fsp3) is 0.0952. The van der Waals surface area contributed by atoms with Gasteiger partial charge in [-0.3, -0.25) is 0 Å². The number of benzene rings is 6. The van der Waals surface area contributed by atoms with Crippen molar-refractivity contribution in [3.8, 4) is 33.9 Å². The molecule has 0 aliphatic heterocycles. The van der Waals surface area contributed by atoms with Gasteiger partial charge in [0.1, 0.15) is 24.7 Å². The van der Waals surface area contributed by atoms with Crippen LogP contribution in [0.4, 0.5) is 0 Å². The number of rotatable bonds is 10. The third-order valence-corrected chi connectivity index (χ3v) is 8.94. The van der Waals surface area contributed by atoms with E-state index in [1.807, 2.05) is 36.4 Å². The minimum absolute atomic E-state index is 0.521. The van der Waals surface area contributed by atoms with Crippen molar-refractivity contribution in [2.75, 3.05) is 0 Å². The summed E-state index contributed by atoms with van der Waals surface area (Å²) >= 11 is 2.37. The van der Waals surface area contributed by atoms with Crippen LogP contribution in [0.3, 0.4) is 0 Å². The highest BCUT2D eigenvalue weighted by atomic mass is 127. The highest BCUT2D eigenvalue weighted by Gasteiger charge is 2.21. The van der Waals surface area contributed by atoms with Gasteiger partial charge in [0.05, 0.1) is 5.69 Å². The molecule has 226 valence electrons. The minimum Gasteiger partial charge on any atom is -0.489 e. The predicted octanol–water partition coefficient (Wildman–Crippen LogP) is 11.1. The summed E-state index contributed by atoms with van der Waals surface area (Å²) in [5, 5.41) is 1.17. The van der Waals surface area contributed by atoms with Gasteiger partial charge in [-0.25, -0.2) is 0 Å². The van der Waals surface area contributed by atoms with Crippen molar-refractivity contribution in [2.45, 2.75) is 26.7 Å². The lowest BCUT2D eigenvalue weighted by Gasteiger charge is -2.15. The third-order valence-electron chi connectivity index (χ3n) is 8.22. The van der Waals surface area contributed by atoms with Crippen LogP contribution >= 0.6 is 22.6 Å². The molecule has 0 amide bonds. The van der Waals surface area contributed by atoms with E-state index >= 15 is 0 Å². The number of hydrogen-bond donors (Lipinski definition) is 0. The largest absolute Gasteiger partial charge is 0.489 e. The zero-order chi connectivity index (χ0) is 31.3. The van der Waals surface area contributed by atoms with Crippen LogP contribution in [-0.2, 0) is 19.8 Å². The van der Waals surface area contributed by atoms with Gasteiger partial charge in [-0.1, -0.05) is 103 Å². The molecule has 0 aliphatic carbocycles. The number of aryl methyl sites for hydroxylation is 1. The maximum Gasteiger partial charge on any atom is 0.120 e. The van der Waals surface area contributed by atoms with E-state index in [1.54, 1.807) is 0 Å². The van der Waals surface area contributed by atoms with Crippen LogP contribution in [0.1, 0.15) is 22.3 Å². The lowest BCUT2D eigenvalue weighted by atomic mass is 9.97. The van der Waals surface area contributed by atoms with Crippen LogP contribution in [0.2, 0.25) is 0 Å². The molecule has 1 heterocycles. The van der Waals surface area contributed by atoms with E-state index in [2.05, 4.69) is 149 Å². The zero-order valence-electron chi connectivity index (χ0n) is 25.7. The van der Waals surface area contributed by atoms with Crippen molar-refractivity contribution in [3.05, 3.63) is 177 Å². The molecule has 0 unspecified atom stereocenters. The Kier molecular flexibility index (Phi) is 8.88. The first-order chi connectivity index (χ1) is 22.6. The molecule has 0 bridgehead atoms. The Morgan fingerprint density at radius 1 is 0.543 bits per heavy atom. The second kappa shape index (κ2) is 13.7. The number of hydrogen-bond acceptors (Lipinski definition) is 2. The van der Waals surface area contributed by atoms with Crippen LogP contribution in [-0.4, -0.2) is 4.57 Å². The molecule has 0 atom stereocenters. The quantitative estimate of drug-likeness (QED) is 0.132. The summed E-state index contributed by atoms with van der Waals surface area (Å²) in [6.07, 6.45) is 0. The summed E-state index contributed by atoms with van der Waals surface area (Å²) in [7, 11) is 0. The van der Waals surface area contributed by atoms with Crippen molar-refractivity contribution in [1.29, 1.82) is 0 Å². The molecule has 0 saturated carbocycles. The van der Waals surface area contributed by atoms with Crippen LogP contribution in [0.5, 0.6) is 11.5 Å². The molecule has 46 heavy (non-hydrogen) atoms. The monoisotopic (exact) mass is 711 g/mol. The Balaban J connectivity index is 1.35. The molecule has 1 aromatic heterocycles. The smallest absolute Gasteiger partial charge is 0.120 e. The van der Waals surface area contributed by atoms with Gasteiger partial charge in [-0.05, 0) is 112 Å². The van der Waals surface area contributed by atoms with Gasteiger partial charge in [0.2, 0.25) is 0 Å². The predicted molar refractivity (Wildman–Crippen MR) is 197 cm³/mol. The van der Waals surface area contributed by atoms with Gasteiger partial charge in [-0.2, -0.15) is 0 Å². The summed E-state index contributed by atoms with van der Waals surface area (Å²) in [5.74, 6) is 1.70. The Hall–Kier alpha value is -4.81. The van der Waals surface area contributed by atoms with E-state index in [-0.39, 0.29) is 0 Å². The molecule has 0 saturated heterocycles. The lowest BCUT2D eigenvalue weighted by molar-refractivity contribution is 0.306. The molecule has 7 rings (SSSR count). The molecule has 0 fully saturated rings. The first kappa shape index (κ1) is 29.9. The van der Waals surface area contributed by atoms with Gasteiger partial charge in [0.15, 0.2) is 0 Å². The Morgan fingerprint density at radius 2 is 1.17 bits per heavy atom. The summed E-state index contributed by atoms with van der Waals surface area (Å²) < 4.78 is 16.2. The highest BCUT2D eigenvalue weighted by Crippen LogP contribution is 2.43. The lowest BCUT2D eigenvalue weighted by Crippen LogP contribution is -2.03. The summed E-state index contributed by atoms with van der Waals surface area (Å²) in [6, 6.07) is 53.3. The molecule has 0 aliphatic rings. The Bertz CT molecular complexity index is 2070. The topological polar surface area (TPSA) is 23.4 Å². The highest BCUT2D eigenvalue weighted by molar-refractivity contribution is 14.1. The molecule has 7 aromatic rings. The van der Waals surface area contributed by atoms with E-state index < -0.39 is 0 Å². The molecule has 0 spiro atoms. The second-order valence-electron chi connectivity index (χ2n) is 11.6. The minimum atomic E-state index is 0.521. The molecule has 0 N–H and O–H groups in total. The maximum atomic E-state index is 6.35. The first-order valence-electron chi connectivity index (χ1n) is 15.5. The van der Waals surface area contributed by atoms with Gasteiger partial charge in [0, 0.05) is 26.6 Å². The van der Waals surface area contributed by atoms with Crippen LogP contribution in [0.25, 0.3) is 33.3 Å². The van der Waals surface area contributed by atoms with E-state index in [0.717, 1.165) is 34.7 Å². The zero-order valence-corrected chi connectivity index (χ0v) is 27.9. The fourth-order valence-electron chi connectivity index (χ4n) is 5.94. The van der Waals surface area contributed by atoms with Crippen LogP contribution < -0.4 is 9.47 Å². The molecular formula is C42H34INO2. The Morgan fingerprint density at radius 3 is 1.83 bits per heavy atom. The number of nitrogens with zero attached hydrogens (tertiary/aromatic N) is 1. The number of fused-ring (bicyclic) bond motifs is 1. The molecule has 3 nitrogen and oxygen atoms in total. The Labute approximate surface area is 284 Å². The van der Waals surface area contributed by atoms with Crippen molar-refractivity contribution >= 4 is 33.5 Å².